The number of hydrogen-bond acceptors (Lipinski definition) is 5. The highest BCUT2D eigenvalue weighted by atomic mass is 19.4. The Morgan fingerprint density at radius 2 is 0.855 bits per heavy atom. The minimum Gasteiger partial charge on any atom is -0.308 e. The molecule has 6 nitrogen and oxygen atoms in total. The smallest absolute Gasteiger partial charge is 0.308 e. The Bertz CT molecular complexity index is 3080. The van der Waals surface area contributed by atoms with Crippen molar-refractivity contribution < 1.29 is 13.2 Å². The van der Waals surface area contributed by atoms with Crippen LogP contribution in [0.25, 0.3) is 95.3 Å². The average molecular weight is 811 g/mol. The van der Waals surface area contributed by atoms with E-state index in [1.54, 1.807) is 12.1 Å². The maximum absolute atomic E-state index is 14.4. The van der Waals surface area contributed by atoms with E-state index in [9.17, 15) is 18.4 Å². The summed E-state index contributed by atoms with van der Waals surface area (Å²) in [4.78, 5) is 20.8. The third-order valence-corrected chi connectivity index (χ3v) is 10.9. The molecule has 0 saturated heterocycles. The van der Waals surface area contributed by atoms with E-state index < -0.39 is 11.7 Å². The third-order valence-electron chi connectivity index (χ3n) is 10.9. The van der Waals surface area contributed by atoms with Crippen molar-refractivity contribution in [2.75, 3.05) is 0 Å². The maximum atomic E-state index is 14.4. The molecule has 10 rings (SSSR count). The summed E-state index contributed by atoms with van der Waals surface area (Å²) < 4.78 is 45.2. The van der Waals surface area contributed by atoms with Crippen molar-refractivity contribution in [3.8, 4) is 79.6 Å². The lowest BCUT2D eigenvalue weighted by atomic mass is 9.99. The van der Waals surface area contributed by atoms with E-state index in [2.05, 4.69) is 6.07 Å². The lowest BCUT2D eigenvalue weighted by Gasteiger charge is -2.20. The minimum absolute atomic E-state index is 0.291. The Morgan fingerprint density at radius 1 is 0.468 bits per heavy atom. The zero-order chi connectivity index (χ0) is 42.4. The van der Waals surface area contributed by atoms with Crippen LogP contribution in [0.2, 0.25) is 0 Å². The Hall–Kier alpha value is -8.22. The van der Waals surface area contributed by atoms with Gasteiger partial charge in [-0.05, 0) is 61.5 Å². The molecule has 0 unspecified atom stereocenters. The summed E-state index contributed by atoms with van der Waals surface area (Å²) in [5, 5.41) is 11.8. The summed E-state index contributed by atoms with van der Waals surface area (Å²) in [6.07, 6.45) is -4.57. The van der Waals surface area contributed by atoms with Crippen LogP contribution in [0.1, 0.15) is 16.7 Å². The monoisotopic (exact) mass is 810 g/mol. The van der Waals surface area contributed by atoms with Crippen molar-refractivity contribution in [1.29, 1.82) is 5.26 Å². The number of rotatable bonds is 7. The highest BCUT2D eigenvalue weighted by Crippen LogP contribution is 2.44. The molecule has 0 N–H and O–H groups in total. The van der Waals surface area contributed by atoms with Crippen LogP contribution < -0.4 is 0 Å². The lowest BCUT2D eigenvalue weighted by molar-refractivity contribution is -0.137. The van der Waals surface area contributed by atoms with Crippen LogP contribution in [0.3, 0.4) is 0 Å². The van der Waals surface area contributed by atoms with Gasteiger partial charge in [0.1, 0.15) is 0 Å². The first-order valence-electron chi connectivity index (χ1n) is 19.9. The fraction of sp³-hybridized carbons (Fsp3) is 0.0377. The van der Waals surface area contributed by atoms with Crippen molar-refractivity contribution in [3.05, 3.63) is 199 Å². The molecule has 0 aliphatic carbocycles. The normalized spacial score (nSPS) is 11.5. The van der Waals surface area contributed by atoms with Gasteiger partial charge in [0.2, 0.25) is 0 Å². The van der Waals surface area contributed by atoms with Gasteiger partial charge in [0, 0.05) is 44.2 Å². The van der Waals surface area contributed by atoms with Gasteiger partial charge in [0.05, 0.1) is 56.7 Å². The molecular formula is C53H33F3N6. The van der Waals surface area contributed by atoms with Crippen molar-refractivity contribution >= 4 is 21.8 Å². The Labute approximate surface area is 354 Å². The summed E-state index contributed by atoms with van der Waals surface area (Å²) in [6, 6.07) is 58.3. The van der Waals surface area contributed by atoms with E-state index in [-0.39, 0.29) is 0 Å². The van der Waals surface area contributed by atoms with Gasteiger partial charge in [-0.25, -0.2) is 19.9 Å². The largest absolute Gasteiger partial charge is 0.416 e. The van der Waals surface area contributed by atoms with E-state index in [4.69, 9.17) is 19.9 Å². The first kappa shape index (κ1) is 38.0. The molecule has 0 aliphatic heterocycles. The summed E-state index contributed by atoms with van der Waals surface area (Å²) in [5.41, 5.74) is 8.97. The van der Waals surface area contributed by atoms with E-state index in [0.29, 0.717) is 78.6 Å². The van der Waals surface area contributed by atoms with Gasteiger partial charge in [-0.15, -0.1) is 0 Å². The second-order valence-corrected chi connectivity index (χ2v) is 15.0. The molecule has 10 aromatic rings. The fourth-order valence-corrected chi connectivity index (χ4v) is 8.00. The van der Waals surface area contributed by atoms with E-state index in [0.717, 1.165) is 33.9 Å². The predicted molar refractivity (Wildman–Crippen MR) is 239 cm³/mol. The van der Waals surface area contributed by atoms with Crippen LogP contribution in [0.15, 0.2) is 182 Å². The van der Waals surface area contributed by atoms with Gasteiger partial charge in [0.15, 0.2) is 11.6 Å². The average Bonchev–Trinajstić information content (AvgIpc) is 3.64. The number of alkyl halides is 3. The van der Waals surface area contributed by atoms with Crippen LogP contribution in [0.4, 0.5) is 13.2 Å². The molecule has 0 radical (unpaired) electrons. The number of nitrogens with zero attached hydrogens (tertiary/aromatic N) is 6. The molecule has 0 fully saturated rings. The van der Waals surface area contributed by atoms with Crippen LogP contribution >= 0.6 is 0 Å². The Morgan fingerprint density at radius 3 is 1.24 bits per heavy atom. The van der Waals surface area contributed by atoms with E-state index in [1.165, 1.54) is 12.1 Å². The quantitative estimate of drug-likeness (QED) is 0.160. The van der Waals surface area contributed by atoms with Crippen molar-refractivity contribution in [3.63, 3.8) is 0 Å². The van der Waals surface area contributed by atoms with Crippen LogP contribution in [-0.2, 0) is 6.18 Å². The number of benzene rings is 7. The predicted octanol–water partition coefficient (Wildman–Crippen LogP) is 13.6. The number of halogens is 3. The lowest BCUT2D eigenvalue weighted by Crippen LogP contribution is -2.07. The third kappa shape index (κ3) is 7.03. The molecule has 0 amide bonds. The second kappa shape index (κ2) is 15.4. The van der Waals surface area contributed by atoms with E-state index in [1.807, 2.05) is 163 Å². The maximum Gasteiger partial charge on any atom is 0.416 e. The molecule has 0 aliphatic rings. The molecule has 9 heteroatoms. The molecule has 7 aromatic carbocycles. The van der Waals surface area contributed by atoms with Crippen molar-refractivity contribution in [2.24, 2.45) is 0 Å². The Kier molecular flexibility index (Phi) is 9.46. The molecule has 3 heterocycles. The first-order chi connectivity index (χ1) is 30.2. The highest BCUT2D eigenvalue weighted by Gasteiger charge is 2.32. The molecular weight excluding hydrogens is 778 g/mol. The van der Waals surface area contributed by atoms with Crippen LogP contribution in [0, 0.1) is 18.3 Å². The summed E-state index contributed by atoms with van der Waals surface area (Å²) in [7, 11) is 0. The van der Waals surface area contributed by atoms with Crippen LogP contribution in [-0.4, -0.2) is 24.5 Å². The number of nitriles is 1. The number of fused-ring (bicyclic) bond motifs is 3. The molecule has 296 valence electrons. The molecule has 0 saturated carbocycles. The topological polar surface area (TPSA) is 80.3 Å². The first-order valence-corrected chi connectivity index (χ1v) is 19.9. The number of aryl methyl sites for hydroxylation is 1. The molecule has 0 bridgehead atoms. The van der Waals surface area contributed by atoms with Crippen molar-refractivity contribution in [2.45, 2.75) is 13.1 Å². The summed E-state index contributed by atoms with van der Waals surface area (Å²) >= 11 is 0. The van der Waals surface area contributed by atoms with Crippen LogP contribution in [0.5, 0.6) is 0 Å². The van der Waals surface area contributed by atoms with Gasteiger partial charge in [-0.2, -0.15) is 18.4 Å². The van der Waals surface area contributed by atoms with Gasteiger partial charge in [0.25, 0.3) is 0 Å². The molecule has 0 atom stereocenters. The molecule has 62 heavy (non-hydrogen) atoms. The number of hydrogen-bond donors (Lipinski definition) is 0. The summed E-state index contributed by atoms with van der Waals surface area (Å²) in [5.74, 6) is 0.602. The fourth-order valence-electron chi connectivity index (χ4n) is 8.00. The van der Waals surface area contributed by atoms with Crippen molar-refractivity contribution in [1.82, 2.24) is 24.5 Å². The highest BCUT2D eigenvalue weighted by molar-refractivity contribution is 6.11. The van der Waals surface area contributed by atoms with Gasteiger partial charge >= 0.3 is 6.18 Å². The SMILES string of the molecule is Cc1ccc2c(c1)c1cc(C(F)(F)F)ccc1n2-c1c(-c2nc(-c3ccccc3)cc(-c3ccccc3)n2)cc(C#N)cc1-c1nc(-c2ccccc2)cc(-c2ccccc2)n1. The van der Waals surface area contributed by atoms with Gasteiger partial charge < -0.3 is 4.57 Å². The second-order valence-electron chi connectivity index (χ2n) is 15.0. The zero-order valence-electron chi connectivity index (χ0n) is 33.1. The van der Waals surface area contributed by atoms with Gasteiger partial charge in [-0.1, -0.05) is 133 Å². The standard InChI is InChI=1S/C53H33F3N6/c1-33-22-24-48-40(26-33)41-29-39(53(54,55)56)23-25-49(41)62(48)50-42(51-58-44(35-14-6-2-7-15-35)30-45(59-51)36-16-8-3-9-17-36)27-34(32-57)28-43(50)52-60-46(37-18-10-4-11-19-37)31-47(61-52)38-20-12-5-13-21-38/h2-31H,1H3. The minimum atomic E-state index is -4.57. The molecule has 3 aromatic heterocycles. The van der Waals surface area contributed by atoms with Gasteiger partial charge in [-0.3, -0.25) is 0 Å². The Balaban J connectivity index is 1.37. The molecule has 0 spiro atoms. The summed E-state index contributed by atoms with van der Waals surface area (Å²) in [6.45, 7) is 1.91. The number of aromatic nitrogens is 5. The van der Waals surface area contributed by atoms with E-state index >= 15 is 0 Å². The zero-order valence-corrected chi connectivity index (χ0v) is 33.1.